The van der Waals surface area contributed by atoms with Crippen LogP contribution in [0.4, 0.5) is 0 Å². The Morgan fingerprint density at radius 1 is 1.37 bits per heavy atom. The van der Waals surface area contributed by atoms with Gasteiger partial charge < -0.3 is 15.2 Å². The fraction of sp³-hybridized carbons (Fsp3) is 0.600. The number of hydrogen-bond acceptors (Lipinski definition) is 3. The zero-order valence-corrected chi connectivity index (χ0v) is 13.8. The Bertz CT molecular complexity index is 409. The fourth-order valence-electron chi connectivity index (χ4n) is 2.02. The summed E-state index contributed by atoms with van der Waals surface area (Å²) in [4.78, 5) is 0. The van der Waals surface area contributed by atoms with Gasteiger partial charge in [0.05, 0.1) is 6.61 Å². The van der Waals surface area contributed by atoms with Gasteiger partial charge in [-0.2, -0.15) is 0 Å². The molecule has 0 saturated carbocycles. The summed E-state index contributed by atoms with van der Waals surface area (Å²) in [7, 11) is 1.68. The van der Waals surface area contributed by atoms with E-state index in [-0.39, 0.29) is 12.1 Å². The van der Waals surface area contributed by atoms with Crippen molar-refractivity contribution in [3.8, 4) is 5.75 Å². The van der Waals surface area contributed by atoms with Gasteiger partial charge in [0.1, 0.15) is 11.9 Å². The molecule has 3 nitrogen and oxygen atoms in total. The largest absolute Gasteiger partial charge is 0.488 e. The molecule has 1 aromatic rings. The third-order valence-electron chi connectivity index (χ3n) is 3.04. The van der Waals surface area contributed by atoms with E-state index in [9.17, 15) is 0 Å². The van der Waals surface area contributed by atoms with Crippen molar-refractivity contribution in [3.63, 3.8) is 0 Å². The van der Waals surface area contributed by atoms with E-state index in [0.717, 1.165) is 34.2 Å². The number of aryl methyl sites for hydroxylation is 1. The Morgan fingerprint density at radius 2 is 2.05 bits per heavy atom. The van der Waals surface area contributed by atoms with Gasteiger partial charge in [0, 0.05) is 17.6 Å². The van der Waals surface area contributed by atoms with E-state index < -0.39 is 0 Å². The van der Waals surface area contributed by atoms with Crippen LogP contribution in [0.2, 0.25) is 0 Å². The molecular formula is C15H24BrNO2. The molecule has 0 saturated heterocycles. The van der Waals surface area contributed by atoms with E-state index in [2.05, 4.69) is 41.9 Å². The highest BCUT2D eigenvalue weighted by Gasteiger charge is 2.14. The SMILES string of the molecule is CCC(N)Cc1cc(Br)cc(C)c1OC(C)COC. The van der Waals surface area contributed by atoms with E-state index in [1.165, 1.54) is 0 Å². The van der Waals surface area contributed by atoms with Crippen molar-refractivity contribution in [2.45, 2.75) is 45.8 Å². The van der Waals surface area contributed by atoms with Crippen LogP contribution in [0.25, 0.3) is 0 Å². The summed E-state index contributed by atoms with van der Waals surface area (Å²) in [6.45, 7) is 6.74. The fourth-order valence-corrected chi connectivity index (χ4v) is 2.64. The van der Waals surface area contributed by atoms with Crippen LogP contribution in [-0.2, 0) is 11.2 Å². The lowest BCUT2D eigenvalue weighted by atomic mass is 10.0. The molecule has 19 heavy (non-hydrogen) atoms. The summed E-state index contributed by atoms with van der Waals surface area (Å²) in [5.74, 6) is 0.941. The molecule has 0 spiro atoms. The van der Waals surface area contributed by atoms with Gasteiger partial charge in [0.2, 0.25) is 0 Å². The normalized spacial score (nSPS) is 14.2. The van der Waals surface area contributed by atoms with Gasteiger partial charge in [-0.05, 0) is 49.9 Å². The topological polar surface area (TPSA) is 44.5 Å². The van der Waals surface area contributed by atoms with E-state index in [0.29, 0.717) is 6.61 Å². The Labute approximate surface area is 124 Å². The number of rotatable bonds is 7. The van der Waals surface area contributed by atoms with Crippen LogP contribution in [0.3, 0.4) is 0 Å². The first kappa shape index (κ1) is 16.5. The molecule has 1 rings (SSSR count). The lowest BCUT2D eigenvalue weighted by Gasteiger charge is -2.21. The smallest absolute Gasteiger partial charge is 0.126 e. The first-order chi connectivity index (χ1) is 8.97. The Balaban J connectivity index is 2.98. The second-order valence-electron chi connectivity index (χ2n) is 4.97. The van der Waals surface area contributed by atoms with Gasteiger partial charge in [-0.1, -0.05) is 22.9 Å². The van der Waals surface area contributed by atoms with Crippen LogP contribution in [0.5, 0.6) is 5.75 Å². The zero-order chi connectivity index (χ0) is 14.4. The van der Waals surface area contributed by atoms with E-state index in [1.54, 1.807) is 7.11 Å². The van der Waals surface area contributed by atoms with Gasteiger partial charge in [-0.25, -0.2) is 0 Å². The van der Waals surface area contributed by atoms with Crippen LogP contribution < -0.4 is 10.5 Å². The molecule has 2 N–H and O–H groups in total. The maximum atomic E-state index is 6.07. The highest BCUT2D eigenvalue weighted by atomic mass is 79.9. The summed E-state index contributed by atoms with van der Waals surface area (Å²) >= 11 is 3.53. The standard InChI is InChI=1S/C15H24BrNO2/c1-5-14(17)8-12-7-13(16)6-10(2)15(12)19-11(3)9-18-4/h6-7,11,14H,5,8-9,17H2,1-4H3. The number of nitrogens with two attached hydrogens (primary N) is 1. The van der Waals surface area contributed by atoms with Crippen molar-refractivity contribution >= 4 is 15.9 Å². The third-order valence-corrected chi connectivity index (χ3v) is 3.50. The number of methoxy groups -OCH3 is 1. The number of halogens is 1. The first-order valence-electron chi connectivity index (χ1n) is 6.68. The average molecular weight is 330 g/mol. The quantitative estimate of drug-likeness (QED) is 0.833. The van der Waals surface area contributed by atoms with Gasteiger partial charge >= 0.3 is 0 Å². The predicted molar refractivity (Wildman–Crippen MR) is 82.8 cm³/mol. The number of ether oxygens (including phenoxy) is 2. The van der Waals surface area contributed by atoms with Crippen molar-refractivity contribution in [2.75, 3.05) is 13.7 Å². The summed E-state index contributed by atoms with van der Waals surface area (Å²) in [5, 5.41) is 0. The minimum absolute atomic E-state index is 0.0291. The third kappa shape index (κ3) is 5.13. The maximum Gasteiger partial charge on any atom is 0.126 e. The Kier molecular flexibility index (Phi) is 6.83. The van der Waals surface area contributed by atoms with Gasteiger partial charge in [-0.15, -0.1) is 0 Å². The molecular weight excluding hydrogens is 306 g/mol. The van der Waals surface area contributed by atoms with E-state index in [4.69, 9.17) is 15.2 Å². The molecule has 0 aliphatic rings. The number of hydrogen-bond donors (Lipinski definition) is 1. The highest BCUT2D eigenvalue weighted by molar-refractivity contribution is 9.10. The second kappa shape index (κ2) is 7.88. The minimum Gasteiger partial charge on any atom is -0.488 e. The molecule has 2 atom stereocenters. The lowest BCUT2D eigenvalue weighted by Crippen LogP contribution is -2.24. The molecule has 0 bridgehead atoms. The van der Waals surface area contributed by atoms with Crippen LogP contribution in [0, 0.1) is 6.92 Å². The molecule has 0 amide bonds. The monoisotopic (exact) mass is 329 g/mol. The van der Waals surface area contributed by atoms with Crippen LogP contribution in [-0.4, -0.2) is 25.9 Å². The molecule has 4 heteroatoms. The van der Waals surface area contributed by atoms with Crippen LogP contribution in [0.1, 0.15) is 31.4 Å². The van der Waals surface area contributed by atoms with Crippen molar-refractivity contribution in [3.05, 3.63) is 27.7 Å². The molecule has 0 heterocycles. The molecule has 108 valence electrons. The maximum absolute atomic E-state index is 6.07. The molecule has 0 aliphatic heterocycles. The molecule has 0 fully saturated rings. The van der Waals surface area contributed by atoms with Gasteiger partial charge in [0.25, 0.3) is 0 Å². The van der Waals surface area contributed by atoms with Crippen molar-refractivity contribution < 1.29 is 9.47 Å². The minimum atomic E-state index is 0.0291. The Morgan fingerprint density at radius 3 is 2.63 bits per heavy atom. The predicted octanol–water partition coefficient (Wildman–Crippen LogP) is 3.45. The molecule has 1 aromatic carbocycles. The van der Waals surface area contributed by atoms with Crippen LogP contribution >= 0.6 is 15.9 Å². The number of benzene rings is 1. The van der Waals surface area contributed by atoms with Crippen molar-refractivity contribution in [1.29, 1.82) is 0 Å². The van der Waals surface area contributed by atoms with Crippen molar-refractivity contribution in [1.82, 2.24) is 0 Å². The molecule has 0 aliphatic carbocycles. The summed E-state index contributed by atoms with van der Waals surface area (Å²) in [6.07, 6.45) is 1.81. The first-order valence-corrected chi connectivity index (χ1v) is 7.47. The average Bonchev–Trinajstić information content (AvgIpc) is 2.33. The zero-order valence-electron chi connectivity index (χ0n) is 12.2. The van der Waals surface area contributed by atoms with Crippen LogP contribution in [0.15, 0.2) is 16.6 Å². The van der Waals surface area contributed by atoms with E-state index >= 15 is 0 Å². The van der Waals surface area contributed by atoms with E-state index in [1.807, 2.05) is 6.92 Å². The lowest BCUT2D eigenvalue weighted by molar-refractivity contribution is 0.0908. The Hall–Kier alpha value is -0.580. The summed E-state index contributed by atoms with van der Waals surface area (Å²) in [5.41, 5.74) is 8.35. The second-order valence-corrected chi connectivity index (χ2v) is 5.88. The summed E-state index contributed by atoms with van der Waals surface area (Å²) < 4.78 is 12.2. The molecule has 0 radical (unpaired) electrons. The van der Waals surface area contributed by atoms with Gasteiger partial charge in [0.15, 0.2) is 0 Å². The molecule has 2 unspecified atom stereocenters. The van der Waals surface area contributed by atoms with Crippen molar-refractivity contribution in [2.24, 2.45) is 5.73 Å². The van der Waals surface area contributed by atoms with Gasteiger partial charge in [-0.3, -0.25) is 0 Å². The highest BCUT2D eigenvalue weighted by Crippen LogP contribution is 2.30. The summed E-state index contributed by atoms with van der Waals surface area (Å²) in [6, 6.07) is 4.32. The molecule has 0 aromatic heterocycles.